The molecule has 0 aromatic heterocycles. The van der Waals surface area contributed by atoms with Crippen molar-refractivity contribution >= 4 is 50.5 Å². The monoisotopic (exact) mass is 444 g/mol. The molecule has 2 aromatic carbocycles. The molecule has 0 aliphatic rings. The molecule has 0 heterocycles. The van der Waals surface area contributed by atoms with Crippen molar-refractivity contribution in [3.63, 3.8) is 0 Å². The first kappa shape index (κ1) is 22.5. The summed E-state index contributed by atoms with van der Waals surface area (Å²) >= 11 is 12.0. The molecule has 0 aliphatic carbocycles. The largest absolute Gasteiger partial charge is 0.380 e. The molecule has 0 bridgehead atoms. The fourth-order valence-corrected chi connectivity index (χ4v) is 4.20. The third-order valence-corrected chi connectivity index (χ3v) is 5.58. The van der Waals surface area contributed by atoms with Crippen molar-refractivity contribution in [1.82, 2.24) is 0 Å². The Labute approximate surface area is 175 Å². The summed E-state index contributed by atoms with van der Waals surface area (Å²) in [5, 5.41) is 3.45. The molecule has 0 fully saturated rings. The van der Waals surface area contributed by atoms with E-state index in [4.69, 9.17) is 27.9 Å². The minimum absolute atomic E-state index is 0.122. The number of methoxy groups -OCH3 is 1. The quantitative estimate of drug-likeness (QED) is 0.624. The lowest BCUT2D eigenvalue weighted by Crippen LogP contribution is -2.31. The van der Waals surface area contributed by atoms with E-state index in [9.17, 15) is 13.2 Å². The average Bonchev–Trinajstić information content (AvgIpc) is 2.59. The molecule has 0 unspecified atom stereocenters. The molecule has 0 spiro atoms. The predicted octanol–water partition coefficient (Wildman–Crippen LogP) is 4.32. The normalized spacial score (nSPS) is 11.3. The number of carbonyl (C=O) groups is 1. The van der Waals surface area contributed by atoms with Crippen LogP contribution in [-0.4, -0.2) is 34.2 Å². The first-order chi connectivity index (χ1) is 13.2. The molecule has 1 amide bonds. The van der Waals surface area contributed by atoms with Crippen LogP contribution in [0, 0.1) is 0 Å². The van der Waals surface area contributed by atoms with E-state index in [-0.39, 0.29) is 23.9 Å². The standard InChI is InChI=1S/C19H22Cl2N2O4S/c1-27-13-14-5-3-6-16(11-14)22-19(24)7-4-10-23(28(2,25)26)18-9-8-15(20)12-17(18)21/h3,5-6,8-9,11-12H,4,7,10,13H2,1-2H3,(H,22,24). The Hall–Kier alpha value is -1.80. The Kier molecular flexibility index (Phi) is 8.12. The number of ether oxygens (including phenoxy) is 1. The number of hydrogen-bond acceptors (Lipinski definition) is 4. The first-order valence-electron chi connectivity index (χ1n) is 8.51. The van der Waals surface area contributed by atoms with Crippen LogP contribution < -0.4 is 9.62 Å². The van der Waals surface area contributed by atoms with Gasteiger partial charge in [0.2, 0.25) is 15.9 Å². The summed E-state index contributed by atoms with van der Waals surface area (Å²) in [5.41, 5.74) is 1.95. The van der Waals surface area contributed by atoms with Gasteiger partial charge >= 0.3 is 0 Å². The third-order valence-electron chi connectivity index (χ3n) is 3.87. The Bertz CT molecular complexity index is 935. The highest BCUT2D eigenvalue weighted by atomic mass is 35.5. The highest BCUT2D eigenvalue weighted by Gasteiger charge is 2.20. The zero-order valence-corrected chi connectivity index (χ0v) is 17.9. The topological polar surface area (TPSA) is 75.7 Å². The number of rotatable bonds is 9. The van der Waals surface area contributed by atoms with E-state index in [0.29, 0.717) is 29.4 Å². The van der Waals surface area contributed by atoms with Crippen LogP contribution >= 0.6 is 23.2 Å². The zero-order valence-electron chi connectivity index (χ0n) is 15.6. The Morgan fingerprint density at radius 2 is 1.93 bits per heavy atom. The van der Waals surface area contributed by atoms with Crippen molar-refractivity contribution in [2.75, 3.05) is 29.5 Å². The van der Waals surface area contributed by atoms with E-state index in [2.05, 4.69) is 5.32 Å². The number of nitrogens with zero attached hydrogens (tertiary/aromatic N) is 1. The predicted molar refractivity (Wildman–Crippen MR) is 114 cm³/mol. The smallest absolute Gasteiger partial charge is 0.232 e. The second-order valence-electron chi connectivity index (χ2n) is 6.22. The van der Waals surface area contributed by atoms with Gasteiger partial charge in [0, 0.05) is 30.8 Å². The van der Waals surface area contributed by atoms with Crippen LogP contribution in [0.2, 0.25) is 10.0 Å². The van der Waals surface area contributed by atoms with E-state index in [0.717, 1.165) is 11.8 Å². The van der Waals surface area contributed by atoms with Crippen molar-refractivity contribution in [3.05, 3.63) is 58.1 Å². The van der Waals surface area contributed by atoms with Crippen LogP contribution in [0.25, 0.3) is 0 Å². The summed E-state index contributed by atoms with van der Waals surface area (Å²) in [6.45, 7) is 0.576. The Morgan fingerprint density at radius 3 is 2.57 bits per heavy atom. The molecule has 6 nitrogen and oxygen atoms in total. The van der Waals surface area contributed by atoms with Crippen LogP contribution in [0.3, 0.4) is 0 Å². The van der Waals surface area contributed by atoms with E-state index in [1.165, 1.54) is 10.4 Å². The maximum absolute atomic E-state index is 12.2. The molecule has 0 atom stereocenters. The van der Waals surface area contributed by atoms with Gasteiger partial charge in [0.1, 0.15) is 0 Å². The van der Waals surface area contributed by atoms with Gasteiger partial charge in [-0.25, -0.2) is 8.42 Å². The molecule has 0 saturated heterocycles. The van der Waals surface area contributed by atoms with Gasteiger partial charge in [0.25, 0.3) is 0 Å². The van der Waals surface area contributed by atoms with Gasteiger partial charge in [-0.2, -0.15) is 0 Å². The number of halogens is 2. The fourth-order valence-electron chi connectivity index (χ4n) is 2.66. The lowest BCUT2D eigenvalue weighted by molar-refractivity contribution is -0.116. The summed E-state index contributed by atoms with van der Waals surface area (Å²) in [4.78, 5) is 12.2. The third kappa shape index (κ3) is 6.67. The van der Waals surface area contributed by atoms with E-state index in [1.807, 2.05) is 18.2 Å². The Morgan fingerprint density at radius 1 is 1.18 bits per heavy atom. The minimum atomic E-state index is -3.56. The number of hydrogen-bond donors (Lipinski definition) is 1. The van der Waals surface area contributed by atoms with Crippen molar-refractivity contribution in [2.45, 2.75) is 19.4 Å². The van der Waals surface area contributed by atoms with Gasteiger partial charge < -0.3 is 10.1 Å². The molecule has 0 saturated carbocycles. The number of sulfonamides is 1. The summed E-state index contributed by atoms with van der Waals surface area (Å²) in [6.07, 6.45) is 1.58. The zero-order chi connectivity index (χ0) is 20.7. The van der Waals surface area contributed by atoms with Gasteiger partial charge in [0.05, 0.1) is 23.6 Å². The highest BCUT2D eigenvalue weighted by molar-refractivity contribution is 7.92. The summed E-state index contributed by atoms with van der Waals surface area (Å²) in [7, 11) is -1.96. The number of nitrogens with one attached hydrogen (secondary N) is 1. The number of amides is 1. The maximum atomic E-state index is 12.2. The molecular formula is C19H22Cl2N2O4S. The highest BCUT2D eigenvalue weighted by Crippen LogP contribution is 2.30. The maximum Gasteiger partial charge on any atom is 0.232 e. The number of carbonyl (C=O) groups excluding carboxylic acids is 1. The van der Waals surface area contributed by atoms with Crippen molar-refractivity contribution in [2.24, 2.45) is 0 Å². The number of anilines is 2. The Balaban J connectivity index is 1.98. The first-order valence-corrected chi connectivity index (χ1v) is 11.1. The van der Waals surface area contributed by atoms with Gasteiger partial charge in [-0.05, 0) is 42.3 Å². The number of benzene rings is 2. The second kappa shape index (κ2) is 10.1. The molecule has 1 N–H and O–H groups in total. The molecule has 0 aliphatic heterocycles. The van der Waals surface area contributed by atoms with Crippen LogP contribution in [0.15, 0.2) is 42.5 Å². The SMILES string of the molecule is COCc1cccc(NC(=O)CCCN(c2ccc(Cl)cc2Cl)S(C)(=O)=O)c1. The summed E-state index contributed by atoms with van der Waals surface area (Å²) in [6, 6.07) is 12.0. The second-order valence-corrected chi connectivity index (χ2v) is 8.97. The van der Waals surface area contributed by atoms with E-state index >= 15 is 0 Å². The van der Waals surface area contributed by atoms with Crippen molar-refractivity contribution in [3.8, 4) is 0 Å². The van der Waals surface area contributed by atoms with Gasteiger partial charge in [-0.1, -0.05) is 35.3 Å². The molecule has 9 heteroatoms. The van der Waals surface area contributed by atoms with E-state index in [1.54, 1.807) is 25.3 Å². The van der Waals surface area contributed by atoms with E-state index < -0.39 is 10.0 Å². The summed E-state index contributed by atoms with van der Waals surface area (Å²) < 4.78 is 30.6. The van der Waals surface area contributed by atoms with Crippen molar-refractivity contribution in [1.29, 1.82) is 0 Å². The molecule has 2 rings (SSSR count). The van der Waals surface area contributed by atoms with Gasteiger partial charge in [-0.15, -0.1) is 0 Å². The lowest BCUT2D eigenvalue weighted by Gasteiger charge is -2.23. The van der Waals surface area contributed by atoms with Crippen LogP contribution in [-0.2, 0) is 26.2 Å². The van der Waals surface area contributed by atoms with Crippen LogP contribution in [0.5, 0.6) is 0 Å². The lowest BCUT2D eigenvalue weighted by atomic mass is 10.2. The van der Waals surface area contributed by atoms with Crippen LogP contribution in [0.4, 0.5) is 11.4 Å². The van der Waals surface area contributed by atoms with Crippen LogP contribution in [0.1, 0.15) is 18.4 Å². The minimum Gasteiger partial charge on any atom is -0.380 e. The molecule has 28 heavy (non-hydrogen) atoms. The molecule has 0 radical (unpaired) electrons. The average molecular weight is 445 g/mol. The molecule has 2 aromatic rings. The summed E-state index contributed by atoms with van der Waals surface area (Å²) in [5.74, 6) is -0.203. The molecular weight excluding hydrogens is 423 g/mol. The van der Waals surface area contributed by atoms with Crippen molar-refractivity contribution < 1.29 is 17.9 Å². The van der Waals surface area contributed by atoms with Gasteiger partial charge in [0.15, 0.2) is 0 Å². The van der Waals surface area contributed by atoms with Gasteiger partial charge in [-0.3, -0.25) is 9.10 Å². The fraction of sp³-hybridized carbons (Fsp3) is 0.316. The molecule has 152 valence electrons.